The first kappa shape index (κ1) is 16.0. The van der Waals surface area contributed by atoms with Crippen molar-refractivity contribution in [1.82, 2.24) is 19.1 Å². The minimum absolute atomic E-state index is 0.103. The van der Waals surface area contributed by atoms with Crippen LogP contribution >= 0.6 is 0 Å². The van der Waals surface area contributed by atoms with E-state index in [0.717, 1.165) is 29.7 Å². The van der Waals surface area contributed by atoms with Gasteiger partial charge in [0, 0.05) is 19.0 Å². The van der Waals surface area contributed by atoms with Gasteiger partial charge in [-0.3, -0.25) is 18.3 Å². The maximum Gasteiger partial charge on any atom is 0.332 e. The molecule has 0 aliphatic heterocycles. The molecule has 1 aliphatic rings. The second-order valence-electron chi connectivity index (χ2n) is 6.24. The number of aryl methyl sites for hydroxylation is 1. The Balaban J connectivity index is 2.18. The molecule has 0 saturated heterocycles. The number of fused-ring (bicyclic) bond motifs is 1. The highest BCUT2D eigenvalue weighted by molar-refractivity contribution is 5.70. The predicted molar refractivity (Wildman–Crippen MR) is 86.7 cm³/mol. The lowest BCUT2D eigenvalue weighted by atomic mass is 10.1. The molecule has 0 radical (unpaired) electrons. The fourth-order valence-electron chi connectivity index (χ4n) is 3.42. The molecule has 0 aromatic carbocycles. The van der Waals surface area contributed by atoms with E-state index in [0.29, 0.717) is 23.6 Å². The molecule has 3 rings (SSSR count). The van der Waals surface area contributed by atoms with Crippen molar-refractivity contribution in [3.8, 4) is 0 Å². The summed E-state index contributed by atoms with van der Waals surface area (Å²) in [5.74, 6) is 1.15. The molecule has 7 heteroatoms. The van der Waals surface area contributed by atoms with E-state index < -0.39 is 6.67 Å². The normalized spacial score (nSPS) is 15.7. The van der Waals surface area contributed by atoms with Crippen LogP contribution in [0, 0.1) is 0 Å². The van der Waals surface area contributed by atoms with Crippen molar-refractivity contribution in [2.75, 3.05) is 6.67 Å². The van der Waals surface area contributed by atoms with E-state index in [1.165, 1.54) is 12.8 Å². The Bertz CT molecular complexity index is 799. The predicted octanol–water partition coefficient (Wildman–Crippen LogP) is 2.31. The fourth-order valence-corrected chi connectivity index (χ4v) is 3.42. The van der Waals surface area contributed by atoms with Gasteiger partial charge in [-0.05, 0) is 25.7 Å². The van der Waals surface area contributed by atoms with Crippen LogP contribution in [-0.2, 0) is 13.1 Å². The number of hydrogen-bond donors (Lipinski definition) is 1. The number of nitrogens with one attached hydrogen (secondary N) is 1. The number of nitrogens with zero attached hydrogens (tertiary/aromatic N) is 3. The van der Waals surface area contributed by atoms with Gasteiger partial charge in [-0.25, -0.2) is 9.78 Å². The van der Waals surface area contributed by atoms with Crippen molar-refractivity contribution >= 4 is 11.2 Å². The summed E-state index contributed by atoms with van der Waals surface area (Å²) in [5.41, 5.74) is 0.0453. The highest BCUT2D eigenvalue weighted by atomic mass is 19.1. The van der Waals surface area contributed by atoms with E-state index in [4.69, 9.17) is 0 Å². The van der Waals surface area contributed by atoms with Crippen LogP contribution in [0.25, 0.3) is 11.2 Å². The lowest BCUT2D eigenvalue weighted by Crippen LogP contribution is -2.40. The van der Waals surface area contributed by atoms with E-state index in [9.17, 15) is 14.0 Å². The number of alkyl halides is 1. The van der Waals surface area contributed by atoms with Gasteiger partial charge in [-0.2, -0.15) is 0 Å². The minimum Gasteiger partial charge on any atom is -0.336 e. The van der Waals surface area contributed by atoms with Crippen LogP contribution in [0.4, 0.5) is 4.39 Å². The average Bonchev–Trinajstić information content (AvgIpc) is 3.20. The van der Waals surface area contributed by atoms with E-state index in [1.54, 1.807) is 4.57 Å². The third-order valence-electron chi connectivity index (χ3n) is 4.58. The average molecular weight is 322 g/mol. The summed E-state index contributed by atoms with van der Waals surface area (Å²) in [6.45, 7) is 2.03. The Hall–Kier alpha value is -1.92. The Kier molecular flexibility index (Phi) is 4.63. The first-order chi connectivity index (χ1) is 11.2. The fraction of sp³-hybridized carbons (Fsp3) is 0.688. The van der Waals surface area contributed by atoms with Crippen molar-refractivity contribution in [3.63, 3.8) is 0 Å². The van der Waals surface area contributed by atoms with Crippen molar-refractivity contribution in [2.24, 2.45) is 0 Å². The van der Waals surface area contributed by atoms with Gasteiger partial charge in [0.25, 0.3) is 5.56 Å². The van der Waals surface area contributed by atoms with E-state index in [2.05, 4.69) is 9.97 Å². The van der Waals surface area contributed by atoms with E-state index >= 15 is 0 Å². The molecule has 0 atom stereocenters. The maximum absolute atomic E-state index is 12.6. The minimum atomic E-state index is -0.548. The van der Waals surface area contributed by atoms with Gasteiger partial charge in [-0.1, -0.05) is 19.8 Å². The zero-order valence-electron chi connectivity index (χ0n) is 13.5. The summed E-state index contributed by atoms with van der Waals surface area (Å²) < 4.78 is 15.1. The Morgan fingerprint density at radius 3 is 2.61 bits per heavy atom. The highest BCUT2D eigenvalue weighted by Gasteiger charge is 2.23. The second kappa shape index (κ2) is 6.68. The van der Waals surface area contributed by atoms with E-state index in [1.807, 2.05) is 6.92 Å². The number of aromatic nitrogens is 4. The van der Waals surface area contributed by atoms with Crippen molar-refractivity contribution < 1.29 is 4.39 Å². The summed E-state index contributed by atoms with van der Waals surface area (Å²) in [4.78, 5) is 32.9. The summed E-state index contributed by atoms with van der Waals surface area (Å²) in [5, 5.41) is 0. The molecule has 0 amide bonds. The first-order valence-corrected chi connectivity index (χ1v) is 8.46. The number of aromatic amines is 1. The van der Waals surface area contributed by atoms with Gasteiger partial charge in [0.2, 0.25) is 0 Å². The monoisotopic (exact) mass is 322 g/mol. The van der Waals surface area contributed by atoms with Crippen LogP contribution in [0.1, 0.15) is 57.2 Å². The third kappa shape index (κ3) is 2.84. The molecule has 2 aromatic heterocycles. The van der Waals surface area contributed by atoms with Crippen molar-refractivity contribution in [2.45, 2.75) is 64.5 Å². The van der Waals surface area contributed by atoms with Crippen LogP contribution in [-0.4, -0.2) is 25.8 Å². The highest BCUT2D eigenvalue weighted by Crippen LogP contribution is 2.32. The molecule has 1 fully saturated rings. The topological polar surface area (TPSA) is 72.7 Å². The molecule has 1 aliphatic carbocycles. The van der Waals surface area contributed by atoms with Gasteiger partial charge < -0.3 is 4.98 Å². The van der Waals surface area contributed by atoms with Gasteiger partial charge in [0.05, 0.1) is 6.67 Å². The lowest BCUT2D eigenvalue weighted by Gasteiger charge is -2.09. The summed E-state index contributed by atoms with van der Waals surface area (Å²) in [6.07, 6.45) is 5.40. The standard InChI is InChI=1S/C16H23FN4O2/c1-2-9-20-14-12(15(22)21(16(20)23)10-5-8-17)18-13(19-14)11-6-3-4-7-11/h11H,2-10H2,1H3,(H,18,19). The Morgan fingerprint density at radius 2 is 1.96 bits per heavy atom. The number of hydrogen-bond acceptors (Lipinski definition) is 3. The van der Waals surface area contributed by atoms with Crippen LogP contribution in [0.15, 0.2) is 9.59 Å². The molecular weight excluding hydrogens is 299 g/mol. The van der Waals surface area contributed by atoms with Crippen molar-refractivity contribution in [3.05, 3.63) is 26.7 Å². The Morgan fingerprint density at radius 1 is 1.22 bits per heavy atom. The van der Waals surface area contributed by atoms with Gasteiger partial charge in [-0.15, -0.1) is 0 Å². The SMILES string of the molecule is CCCn1c(=O)n(CCCF)c(=O)c2[nH]c(C3CCCC3)nc21. The molecule has 1 saturated carbocycles. The smallest absolute Gasteiger partial charge is 0.332 e. The molecule has 0 bridgehead atoms. The summed E-state index contributed by atoms with van der Waals surface area (Å²) >= 11 is 0. The van der Waals surface area contributed by atoms with Crippen LogP contribution in [0.2, 0.25) is 0 Å². The zero-order valence-corrected chi connectivity index (χ0v) is 13.5. The number of rotatable bonds is 6. The number of H-pyrrole nitrogens is 1. The molecule has 6 nitrogen and oxygen atoms in total. The maximum atomic E-state index is 12.6. The van der Waals surface area contributed by atoms with Gasteiger partial charge in [0.1, 0.15) is 11.3 Å². The Labute approximate surface area is 133 Å². The number of imidazole rings is 1. The van der Waals surface area contributed by atoms with Crippen LogP contribution < -0.4 is 11.2 Å². The van der Waals surface area contributed by atoms with E-state index in [-0.39, 0.29) is 24.2 Å². The van der Waals surface area contributed by atoms with Crippen molar-refractivity contribution in [1.29, 1.82) is 0 Å². The second-order valence-corrected chi connectivity index (χ2v) is 6.24. The quantitative estimate of drug-likeness (QED) is 0.887. The largest absolute Gasteiger partial charge is 0.336 e. The molecule has 2 aromatic rings. The molecule has 0 spiro atoms. The summed E-state index contributed by atoms with van der Waals surface area (Å²) in [6, 6.07) is 0. The zero-order chi connectivity index (χ0) is 16.4. The molecular formula is C16H23FN4O2. The molecule has 0 unspecified atom stereocenters. The molecule has 2 heterocycles. The molecule has 126 valence electrons. The molecule has 23 heavy (non-hydrogen) atoms. The third-order valence-corrected chi connectivity index (χ3v) is 4.58. The summed E-state index contributed by atoms with van der Waals surface area (Å²) in [7, 11) is 0. The molecule has 1 N–H and O–H groups in total. The lowest BCUT2D eigenvalue weighted by molar-refractivity contribution is 0.433. The number of halogens is 1. The first-order valence-electron chi connectivity index (χ1n) is 8.46. The van der Waals surface area contributed by atoms with Gasteiger partial charge in [0.15, 0.2) is 5.65 Å². The van der Waals surface area contributed by atoms with Crippen LogP contribution in [0.3, 0.4) is 0 Å². The van der Waals surface area contributed by atoms with Crippen LogP contribution in [0.5, 0.6) is 0 Å². The van der Waals surface area contributed by atoms with Gasteiger partial charge >= 0.3 is 5.69 Å².